The van der Waals surface area contributed by atoms with Gasteiger partial charge in [-0.25, -0.2) is 4.98 Å². The van der Waals surface area contributed by atoms with Crippen LogP contribution in [0.3, 0.4) is 0 Å². The minimum absolute atomic E-state index is 0.0292. The minimum Gasteiger partial charge on any atom is -0.362 e. The Morgan fingerprint density at radius 1 is 1.59 bits per heavy atom. The standard InChI is InChI=1S/C11H19N3O2S/c1-4-6-14-7-5-12-10(11(14)15)13-9(2)8-17(3)16/h5,7,9H,4,6,8H2,1-3H3,(H,12,13). The van der Waals surface area contributed by atoms with Crippen LogP contribution in [0.4, 0.5) is 5.82 Å². The summed E-state index contributed by atoms with van der Waals surface area (Å²) in [5.41, 5.74) is -0.122. The predicted octanol–water partition coefficient (Wildman–Crippen LogP) is 0.832. The first-order chi connectivity index (χ1) is 8.04. The Hall–Kier alpha value is -1.17. The SMILES string of the molecule is CCCn1ccnc(NC(C)CS(C)=O)c1=O. The van der Waals surface area contributed by atoms with E-state index in [0.717, 1.165) is 6.42 Å². The van der Waals surface area contributed by atoms with Crippen LogP contribution in [0.25, 0.3) is 0 Å². The Balaban J connectivity index is 2.81. The first-order valence-electron chi connectivity index (χ1n) is 5.66. The van der Waals surface area contributed by atoms with Crippen molar-refractivity contribution in [1.29, 1.82) is 0 Å². The molecule has 1 aromatic rings. The van der Waals surface area contributed by atoms with Crippen molar-refractivity contribution >= 4 is 16.6 Å². The molecule has 2 atom stereocenters. The lowest BCUT2D eigenvalue weighted by molar-refractivity contribution is 0.647. The number of aryl methyl sites for hydroxylation is 1. The second kappa shape index (κ2) is 6.54. The molecule has 0 aromatic carbocycles. The molecule has 0 amide bonds. The van der Waals surface area contributed by atoms with E-state index < -0.39 is 10.8 Å². The maximum Gasteiger partial charge on any atom is 0.293 e. The van der Waals surface area contributed by atoms with Crippen molar-refractivity contribution in [3.8, 4) is 0 Å². The Morgan fingerprint density at radius 2 is 2.29 bits per heavy atom. The van der Waals surface area contributed by atoms with E-state index in [1.54, 1.807) is 23.2 Å². The lowest BCUT2D eigenvalue weighted by atomic mass is 10.4. The van der Waals surface area contributed by atoms with Gasteiger partial charge in [-0.15, -0.1) is 0 Å². The van der Waals surface area contributed by atoms with E-state index in [2.05, 4.69) is 10.3 Å². The second-order valence-corrected chi connectivity index (χ2v) is 5.54. The van der Waals surface area contributed by atoms with Gasteiger partial charge in [0.2, 0.25) is 0 Å². The number of nitrogens with one attached hydrogen (secondary N) is 1. The zero-order valence-electron chi connectivity index (χ0n) is 10.5. The molecule has 0 aliphatic rings. The van der Waals surface area contributed by atoms with Gasteiger partial charge < -0.3 is 9.88 Å². The van der Waals surface area contributed by atoms with Crippen LogP contribution in [0.5, 0.6) is 0 Å². The van der Waals surface area contributed by atoms with E-state index in [1.165, 1.54) is 0 Å². The van der Waals surface area contributed by atoms with Crippen molar-refractivity contribution in [1.82, 2.24) is 9.55 Å². The van der Waals surface area contributed by atoms with Crippen LogP contribution in [-0.2, 0) is 17.3 Å². The van der Waals surface area contributed by atoms with E-state index in [4.69, 9.17) is 0 Å². The molecule has 1 heterocycles. The summed E-state index contributed by atoms with van der Waals surface area (Å²) in [5.74, 6) is 0.836. The molecule has 2 unspecified atom stereocenters. The lowest BCUT2D eigenvalue weighted by Gasteiger charge is -2.13. The molecule has 5 nitrogen and oxygen atoms in total. The highest BCUT2D eigenvalue weighted by molar-refractivity contribution is 7.84. The summed E-state index contributed by atoms with van der Waals surface area (Å²) < 4.78 is 12.7. The highest BCUT2D eigenvalue weighted by Crippen LogP contribution is 1.98. The smallest absolute Gasteiger partial charge is 0.293 e. The molecule has 0 spiro atoms. The van der Waals surface area contributed by atoms with Crippen LogP contribution in [0.1, 0.15) is 20.3 Å². The number of hydrogen-bond acceptors (Lipinski definition) is 4. The fourth-order valence-electron chi connectivity index (χ4n) is 1.59. The first kappa shape index (κ1) is 13.9. The van der Waals surface area contributed by atoms with Crippen LogP contribution in [0.15, 0.2) is 17.2 Å². The Kier molecular flexibility index (Phi) is 5.34. The summed E-state index contributed by atoms with van der Waals surface area (Å²) in [4.78, 5) is 16.0. The Morgan fingerprint density at radius 3 is 2.88 bits per heavy atom. The number of anilines is 1. The van der Waals surface area contributed by atoms with Crippen LogP contribution < -0.4 is 10.9 Å². The zero-order chi connectivity index (χ0) is 12.8. The summed E-state index contributed by atoms with van der Waals surface area (Å²) in [6.45, 7) is 4.59. The zero-order valence-corrected chi connectivity index (χ0v) is 11.3. The molecule has 0 aliphatic carbocycles. The van der Waals surface area contributed by atoms with Crippen LogP contribution >= 0.6 is 0 Å². The molecule has 0 fully saturated rings. The molecule has 0 saturated carbocycles. The number of hydrogen-bond donors (Lipinski definition) is 1. The molecule has 0 saturated heterocycles. The fraction of sp³-hybridized carbons (Fsp3) is 0.636. The van der Waals surface area contributed by atoms with Crippen molar-refractivity contribution in [2.24, 2.45) is 0 Å². The van der Waals surface area contributed by atoms with Gasteiger partial charge >= 0.3 is 0 Å². The maximum absolute atomic E-state index is 11.9. The van der Waals surface area contributed by atoms with Crippen LogP contribution in [-0.4, -0.2) is 31.8 Å². The van der Waals surface area contributed by atoms with E-state index in [9.17, 15) is 9.00 Å². The molecule has 0 radical (unpaired) electrons. The van der Waals surface area contributed by atoms with Gasteiger partial charge in [0, 0.05) is 47.8 Å². The van der Waals surface area contributed by atoms with Gasteiger partial charge in [0.05, 0.1) is 0 Å². The number of aromatic nitrogens is 2. The van der Waals surface area contributed by atoms with Crippen molar-refractivity contribution in [3.05, 3.63) is 22.7 Å². The lowest BCUT2D eigenvalue weighted by Crippen LogP contribution is -2.30. The highest BCUT2D eigenvalue weighted by atomic mass is 32.2. The molecular weight excluding hydrogens is 238 g/mol. The molecule has 0 bridgehead atoms. The summed E-state index contributed by atoms with van der Waals surface area (Å²) >= 11 is 0. The third-order valence-corrected chi connectivity index (χ3v) is 3.22. The molecule has 96 valence electrons. The van der Waals surface area contributed by atoms with E-state index in [0.29, 0.717) is 18.1 Å². The van der Waals surface area contributed by atoms with Gasteiger partial charge in [-0.3, -0.25) is 9.00 Å². The van der Waals surface area contributed by atoms with Crippen molar-refractivity contribution < 1.29 is 4.21 Å². The molecule has 0 aliphatic heterocycles. The molecule has 1 rings (SSSR count). The van der Waals surface area contributed by atoms with E-state index in [-0.39, 0.29) is 11.6 Å². The number of rotatable bonds is 6. The maximum atomic E-state index is 11.9. The molecule has 1 aromatic heterocycles. The third-order valence-electron chi connectivity index (χ3n) is 2.25. The van der Waals surface area contributed by atoms with Gasteiger partial charge in [-0.1, -0.05) is 6.92 Å². The fourth-order valence-corrected chi connectivity index (χ4v) is 2.38. The molecule has 1 N–H and O–H groups in total. The minimum atomic E-state index is -0.884. The van der Waals surface area contributed by atoms with Gasteiger partial charge in [0.15, 0.2) is 5.82 Å². The number of nitrogens with zero attached hydrogens (tertiary/aromatic N) is 2. The summed E-state index contributed by atoms with van der Waals surface area (Å²) in [6.07, 6.45) is 5.83. The summed E-state index contributed by atoms with van der Waals surface area (Å²) in [5, 5.41) is 3.00. The van der Waals surface area contributed by atoms with Gasteiger partial charge in [-0.05, 0) is 13.3 Å². The van der Waals surface area contributed by atoms with Crippen molar-refractivity contribution in [2.45, 2.75) is 32.9 Å². The Bertz CT molecular complexity index is 445. The second-order valence-electron chi connectivity index (χ2n) is 4.06. The topological polar surface area (TPSA) is 64.0 Å². The van der Waals surface area contributed by atoms with Crippen molar-refractivity contribution in [3.63, 3.8) is 0 Å². The van der Waals surface area contributed by atoms with E-state index in [1.807, 2.05) is 13.8 Å². The summed E-state index contributed by atoms with van der Waals surface area (Å²) in [7, 11) is -0.884. The molecular formula is C11H19N3O2S. The van der Waals surface area contributed by atoms with E-state index >= 15 is 0 Å². The van der Waals surface area contributed by atoms with Crippen LogP contribution in [0, 0.1) is 0 Å². The van der Waals surface area contributed by atoms with Gasteiger partial charge in [-0.2, -0.15) is 0 Å². The molecule has 17 heavy (non-hydrogen) atoms. The predicted molar refractivity (Wildman–Crippen MR) is 70.8 cm³/mol. The average molecular weight is 257 g/mol. The van der Waals surface area contributed by atoms with Crippen molar-refractivity contribution in [2.75, 3.05) is 17.3 Å². The highest BCUT2D eigenvalue weighted by Gasteiger charge is 2.09. The third kappa shape index (κ3) is 4.30. The Labute approximate surface area is 104 Å². The van der Waals surface area contributed by atoms with Gasteiger partial charge in [0.25, 0.3) is 5.56 Å². The average Bonchev–Trinajstić information content (AvgIpc) is 2.23. The molecule has 6 heteroatoms. The monoisotopic (exact) mass is 257 g/mol. The summed E-state index contributed by atoms with van der Waals surface area (Å²) in [6, 6.07) is -0.0292. The quantitative estimate of drug-likeness (QED) is 0.820. The largest absolute Gasteiger partial charge is 0.362 e. The van der Waals surface area contributed by atoms with Crippen LogP contribution in [0.2, 0.25) is 0 Å². The normalized spacial score (nSPS) is 14.3. The van der Waals surface area contributed by atoms with Gasteiger partial charge in [0.1, 0.15) is 0 Å². The first-order valence-corrected chi connectivity index (χ1v) is 7.39.